The average Bonchev–Trinajstić information content (AvgIpc) is 3.11. The Morgan fingerprint density at radius 1 is 0.708 bits per heavy atom. The number of fused-ring (bicyclic) bond motifs is 4. The third kappa shape index (κ3) is 5.82. The van der Waals surface area contributed by atoms with Gasteiger partial charge < -0.3 is 16.0 Å². The van der Waals surface area contributed by atoms with Gasteiger partial charge in [-0.15, -0.1) is 0 Å². The van der Waals surface area contributed by atoms with Gasteiger partial charge in [0.05, 0.1) is 50.4 Å². The van der Waals surface area contributed by atoms with E-state index in [0.717, 1.165) is 46.3 Å². The average molecular weight is 641 g/mol. The van der Waals surface area contributed by atoms with E-state index in [2.05, 4.69) is 34.7 Å². The van der Waals surface area contributed by atoms with Gasteiger partial charge >= 0.3 is 0 Å². The predicted octanol–water partition coefficient (Wildman–Crippen LogP) is 5.44. The number of aryl methyl sites for hydroxylation is 2. The summed E-state index contributed by atoms with van der Waals surface area (Å²) in [6.07, 6.45) is 1.15. The number of nitrogens with one attached hydrogen (secondary N) is 3. The first-order valence-corrected chi connectivity index (χ1v) is 16.8. The van der Waals surface area contributed by atoms with Crippen molar-refractivity contribution in [3.63, 3.8) is 0 Å². The van der Waals surface area contributed by atoms with E-state index < -0.39 is 0 Å². The van der Waals surface area contributed by atoms with Crippen LogP contribution in [0.1, 0.15) is 58.5 Å². The van der Waals surface area contributed by atoms with Crippen molar-refractivity contribution < 1.29 is 9.59 Å². The number of benzene rings is 4. The summed E-state index contributed by atoms with van der Waals surface area (Å²) in [5, 5.41) is 10.1. The molecule has 2 amide bonds. The Balaban J connectivity index is 1.15. The van der Waals surface area contributed by atoms with Crippen molar-refractivity contribution in [1.82, 2.24) is 40.8 Å². The molecule has 6 aromatic rings. The van der Waals surface area contributed by atoms with Crippen LogP contribution in [-0.2, 0) is 0 Å². The minimum absolute atomic E-state index is 0.0546. The van der Waals surface area contributed by atoms with Gasteiger partial charge in [0.25, 0.3) is 11.8 Å². The molecule has 4 aromatic carbocycles. The van der Waals surface area contributed by atoms with Gasteiger partial charge in [0, 0.05) is 31.7 Å². The van der Waals surface area contributed by atoms with Gasteiger partial charge in [-0.05, 0) is 74.2 Å². The van der Waals surface area contributed by atoms with Gasteiger partial charge in [-0.25, -0.2) is 19.9 Å². The third-order valence-electron chi connectivity index (χ3n) is 9.51. The van der Waals surface area contributed by atoms with E-state index in [1.807, 2.05) is 86.6 Å². The summed E-state index contributed by atoms with van der Waals surface area (Å²) in [6.45, 7) is 10.3. The number of piperazine rings is 1. The number of hydrogen-bond donors (Lipinski definition) is 3. The number of para-hydroxylation sites is 4. The summed E-state index contributed by atoms with van der Waals surface area (Å²) in [6, 6.07) is 22.7. The molecular formula is C38H40N8O2. The first-order chi connectivity index (χ1) is 23.4. The Hall–Kier alpha value is -5.06. The number of hydrogen-bond acceptors (Lipinski definition) is 8. The second-order valence-corrected chi connectivity index (χ2v) is 12.6. The zero-order valence-electron chi connectivity index (χ0n) is 27.7. The Morgan fingerprint density at radius 3 is 1.73 bits per heavy atom. The van der Waals surface area contributed by atoms with Crippen LogP contribution in [0.2, 0.25) is 0 Å². The molecule has 1 saturated heterocycles. The first-order valence-electron chi connectivity index (χ1n) is 16.8. The fraction of sp³-hybridized carbons (Fsp3) is 0.316. The zero-order valence-corrected chi connectivity index (χ0v) is 27.7. The summed E-state index contributed by atoms with van der Waals surface area (Å²) < 4.78 is 0. The molecule has 1 fully saturated rings. The fourth-order valence-corrected chi connectivity index (χ4v) is 6.95. The van der Waals surface area contributed by atoms with Crippen LogP contribution in [0.4, 0.5) is 0 Å². The Kier molecular flexibility index (Phi) is 8.68. The molecule has 1 aliphatic heterocycles. The molecule has 0 radical (unpaired) electrons. The quantitative estimate of drug-likeness (QED) is 0.188. The SMILES string of the molecule is CCC(NC(=O)c1cccc2nc3cccc(C)c3nc12)C1CNCCN1C(CC)NC(=O)c1cccc2nc3cccc(C)c3nc12. The molecule has 1 aliphatic rings. The summed E-state index contributed by atoms with van der Waals surface area (Å²) in [7, 11) is 0. The van der Waals surface area contributed by atoms with Crippen molar-refractivity contribution >= 4 is 55.9 Å². The number of carbonyl (C=O) groups excluding carboxylic acids is 2. The Labute approximate surface area is 279 Å². The number of aromatic nitrogens is 4. The molecule has 3 N–H and O–H groups in total. The lowest BCUT2D eigenvalue weighted by atomic mass is 9.99. The molecule has 0 aliphatic carbocycles. The second kappa shape index (κ2) is 13.2. The largest absolute Gasteiger partial charge is 0.348 e. The van der Waals surface area contributed by atoms with E-state index in [1.54, 1.807) is 0 Å². The normalized spacial score (nSPS) is 16.7. The van der Waals surface area contributed by atoms with Crippen LogP contribution in [0, 0.1) is 13.8 Å². The number of nitrogens with zero attached hydrogens (tertiary/aromatic N) is 5. The lowest BCUT2D eigenvalue weighted by Crippen LogP contribution is -2.65. The maximum absolute atomic E-state index is 13.9. The lowest BCUT2D eigenvalue weighted by Gasteiger charge is -2.44. The van der Waals surface area contributed by atoms with Crippen LogP contribution in [0.5, 0.6) is 0 Å². The maximum Gasteiger partial charge on any atom is 0.254 e. The minimum atomic E-state index is -0.251. The highest BCUT2D eigenvalue weighted by Crippen LogP contribution is 2.24. The molecule has 3 unspecified atom stereocenters. The monoisotopic (exact) mass is 640 g/mol. The number of rotatable bonds is 8. The van der Waals surface area contributed by atoms with Gasteiger partial charge in [-0.3, -0.25) is 14.5 Å². The highest BCUT2D eigenvalue weighted by Gasteiger charge is 2.35. The molecule has 0 saturated carbocycles. The van der Waals surface area contributed by atoms with E-state index in [0.29, 0.717) is 52.6 Å². The fourth-order valence-electron chi connectivity index (χ4n) is 6.95. The molecule has 0 spiro atoms. The number of carbonyl (C=O) groups is 2. The third-order valence-corrected chi connectivity index (χ3v) is 9.51. The molecule has 3 atom stereocenters. The topological polar surface area (TPSA) is 125 Å². The van der Waals surface area contributed by atoms with Crippen molar-refractivity contribution in [3.8, 4) is 0 Å². The smallest absolute Gasteiger partial charge is 0.254 e. The van der Waals surface area contributed by atoms with Crippen molar-refractivity contribution in [1.29, 1.82) is 0 Å². The van der Waals surface area contributed by atoms with Crippen LogP contribution < -0.4 is 16.0 Å². The zero-order chi connectivity index (χ0) is 33.4. The molecular weight excluding hydrogens is 600 g/mol. The maximum atomic E-state index is 13.9. The summed E-state index contributed by atoms with van der Waals surface area (Å²) >= 11 is 0. The predicted molar refractivity (Wildman–Crippen MR) is 190 cm³/mol. The molecule has 48 heavy (non-hydrogen) atoms. The standard InChI is InChI=1S/C38H40N8O2/c1-5-26(42-37(47)24-13-9-17-29-35(24)44-33-22(3)11-7-15-27(33)40-29)31-21-39-19-20-46(31)32(6-2)43-38(48)25-14-10-18-30-36(25)45-34-23(4)12-8-16-28(34)41-30/h7-18,26,31-32,39H,5-6,19-21H2,1-4H3,(H,42,47)(H,43,48). The van der Waals surface area contributed by atoms with Crippen molar-refractivity contribution in [2.45, 2.75) is 58.8 Å². The van der Waals surface area contributed by atoms with Crippen LogP contribution in [0.25, 0.3) is 44.1 Å². The van der Waals surface area contributed by atoms with E-state index in [9.17, 15) is 9.59 Å². The molecule has 244 valence electrons. The van der Waals surface area contributed by atoms with Gasteiger partial charge in [0.1, 0.15) is 11.0 Å². The molecule has 10 nitrogen and oxygen atoms in total. The van der Waals surface area contributed by atoms with Crippen LogP contribution in [0.3, 0.4) is 0 Å². The number of amides is 2. The molecule has 2 aromatic heterocycles. The second-order valence-electron chi connectivity index (χ2n) is 12.6. The molecule has 7 rings (SSSR count). The highest BCUT2D eigenvalue weighted by molar-refractivity contribution is 6.07. The highest BCUT2D eigenvalue weighted by atomic mass is 16.2. The van der Waals surface area contributed by atoms with Gasteiger partial charge in [-0.2, -0.15) is 0 Å². The Morgan fingerprint density at radius 2 is 1.21 bits per heavy atom. The summed E-state index contributed by atoms with van der Waals surface area (Å²) in [5.74, 6) is -0.380. The first kappa shape index (κ1) is 31.5. The van der Waals surface area contributed by atoms with E-state index >= 15 is 0 Å². The molecule has 10 heteroatoms. The van der Waals surface area contributed by atoms with Gasteiger partial charge in [0.2, 0.25) is 0 Å². The van der Waals surface area contributed by atoms with Crippen molar-refractivity contribution in [2.75, 3.05) is 19.6 Å². The van der Waals surface area contributed by atoms with E-state index in [1.165, 1.54) is 0 Å². The van der Waals surface area contributed by atoms with E-state index in [-0.39, 0.29) is 30.1 Å². The van der Waals surface area contributed by atoms with Crippen LogP contribution >= 0.6 is 0 Å². The van der Waals surface area contributed by atoms with Crippen molar-refractivity contribution in [3.05, 3.63) is 95.1 Å². The van der Waals surface area contributed by atoms with Crippen LogP contribution in [-0.4, -0.2) is 74.5 Å². The lowest BCUT2D eigenvalue weighted by molar-refractivity contribution is 0.0494. The van der Waals surface area contributed by atoms with Gasteiger partial charge in [0.15, 0.2) is 0 Å². The van der Waals surface area contributed by atoms with E-state index in [4.69, 9.17) is 19.9 Å². The van der Waals surface area contributed by atoms with Crippen molar-refractivity contribution in [2.24, 2.45) is 0 Å². The Bertz CT molecular complexity index is 2030. The summed E-state index contributed by atoms with van der Waals surface area (Å²) in [5.41, 5.74) is 8.77. The van der Waals surface area contributed by atoms with Gasteiger partial charge in [-0.1, -0.05) is 50.2 Å². The van der Waals surface area contributed by atoms with Crippen LogP contribution in [0.15, 0.2) is 72.8 Å². The molecule has 3 heterocycles. The summed E-state index contributed by atoms with van der Waals surface area (Å²) in [4.78, 5) is 49.6. The minimum Gasteiger partial charge on any atom is -0.348 e. The molecule has 0 bridgehead atoms.